The predicted molar refractivity (Wildman–Crippen MR) is 213 cm³/mol. The van der Waals surface area contributed by atoms with Crippen molar-refractivity contribution in [3.8, 4) is 0 Å². The zero-order valence-corrected chi connectivity index (χ0v) is 32.1. The standard InChI is InChI=1S/2C21H17F3N4O3/c2*22-21(23,24)20(29,13-26-9-8-25-14-26)18-12-27(11-15-4-2-1-3-5-15)19-10-16(28(30)31)6-7-17(18)19/h2*1-10,12,14,29H,11,13H2. The van der Waals surface area contributed by atoms with Crippen LogP contribution in [0.1, 0.15) is 22.3 Å². The average Bonchev–Trinajstić information content (AvgIpc) is 4.06. The maximum absolute atomic E-state index is 14.2. The van der Waals surface area contributed by atoms with Crippen LogP contribution in [0, 0.1) is 20.2 Å². The highest BCUT2D eigenvalue weighted by atomic mass is 19.4. The lowest BCUT2D eigenvalue weighted by atomic mass is 9.92. The van der Waals surface area contributed by atoms with E-state index in [0.717, 1.165) is 32.4 Å². The molecular weight excluding hydrogens is 826 g/mol. The second-order valence-electron chi connectivity index (χ2n) is 14.4. The Kier molecular flexibility index (Phi) is 11.5. The first-order chi connectivity index (χ1) is 29.4. The van der Waals surface area contributed by atoms with Gasteiger partial charge in [-0.05, 0) is 23.3 Å². The minimum Gasteiger partial charge on any atom is -0.375 e. The summed E-state index contributed by atoms with van der Waals surface area (Å²) < 4.78 is 90.2. The van der Waals surface area contributed by atoms with Gasteiger partial charge in [-0.1, -0.05) is 60.7 Å². The second-order valence-corrected chi connectivity index (χ2v) is 14.4. The number of nitro benzene ring substituents is 2. The molecule has 62 heavy (non-hydrogen) atoms. The van der Waals surface area contributed by atoms with Gasteiger partial charge in [0.2, 0.25) is 11.2 Å². The highest BCUT2D eigenvalue weighted by molar-refractivity contribution is 5.88. The van der Waals surface area contributed by atoms with E-state index >= 15 is 0 Å². The number of imidazole rings is 2. The molecule has 4 heterocycles. The van der Waals surface area contributed by atoms with Crippen LogP contribution in [-0.4, -0.2) is 60.6 Å². The molecule has 14 nitrogen and oxygen atoms in total. The van der Waals surface area contributed by atoms with Crippen LogP contribution in [0.4, 0.5) is 37.7 Å². The van der Waals surface area contributed by atoms with E-state index in [-0.39, 0.29) is 57.4 Å². The highest BCUT2D eigenvalue weighted by Gasteiger charge is 2.57. The Bertz CT molecular complexity index is 2630. The van der Waals surface area contributed by atoms with Crippen molar-refractivity contribution in [2.75, 3.05) is 0 Å². The van der Waals surface area contributed by atoms with E-state index in [1.807, 2.05) is 0 Å². The van der Waals surface area contributed by atoms with E-state index in [1.165, 1.54) is 83.2 Å². The van der Waals surface area contributed by atoms with Gasteiger partial charge in [0.15, 0.2) is 0 Å². The molecule has 0 fully saturated rings. The summed E-state index contributed by atoms with van der Waals surface area (Å²) in [5, 5.41) is 44.5. The van der Waals surface area contributed by atoms with Gasteiger partial charge in [0.25, 0.3) is 11.4 Å². The molecule has 2 N–H and O–H groups in total. The fourth-order valence-corrected chi connectivity index (χ4v) is 7.21. The number of nitrogens with zero attached hydrogens (tertiary/aromatic N) is 8. The van der Waals surface area contributed by atoms with Crippen LogP contribution < -0.4 is 0 Å². The van der Waals surface area contributed by atoms with Crippen LogP contribution in [-0.2, 0) is 37.4 Å². The van der Waals surface area contributed by atoms with Gasteiger partial charge in [-0.2, -0.15) is 26.3 Å². The Labute approximate surface area is 346 Å². The quantitative estimate of drug-likeness (QED) is 0.0700. The van der Waals surface area contributed by atoms with E-state index in [4.69, 9.17) is 0 Å². The molecule has 0 saturated carbocycles. The number of halogens is 6. The van der Waals surface area contributed by atoms with Crippen LogP contribution in [0.5, 0.6) is 0 Å². The average molecular weight is 861 g/mol. The number of fused-ring (bicyclic) bond motifs is 2. The van der Waals surface area contributed by atoms with Crippen LogP contribution in [0.15, 0.2) is 147 Å². The lowest BCUT2D eigenvalue weighted by molar-refractivity contribution is -0.384. The molecule has 8 aromatic rings. The van der Waals surface area contributed by atoms with Crippen molar-refractivity contribution in [1.29, 1.82) is 0 Å². The molecule has 0 spiro atoms. The topological polar surface area (TPSA) is 172 Å². The van der Waals surface area contributed by atoms with Crippen molar-refractivity contribution in [3.63, 3.8) is 0 Å². The van der Waals surface area contributed by atoms with Crippen LogP contribution in [0.2, 0.25) is 0 Å². The number of hydrogen-bond donors (Lipinski definition) is 2. The molecule has 0 amide bonds. The highest BCUT2D eigenvalue weighted by Crippen LogP contribution is 2.46. The molecule has 2 unspecified atom stereocenters. The number of rotatable bonds is 12. The molecule has 0 aliphatic rings. The summed E-state index contributed by atoms with van der Waals surface area (Å²) in [5.74, 6) is 0. The lowest BCUT2D eigenvalue weighted by Gasteiger charge is -2.30. The number of nitro groups is 2. The number of aromatic nitrogens is 6. The Morgan fingerprint density at radius 1 is 0.565 bits per heavy atom. The first-order valence-corrected chi connectivity index (χ1v) is 18.5. The van der Waals surface area contributed by atoms with Crippen LogP contribution in [0.3, 0.4) is 0 Å². The molecule has 0 saturated heterocycles. The normalized spacial score (nSPS) is 13.9. The van der Waals surface area contributed by atoms with Gasteiger partial charge in [-0.3, -0.25) is 20.2 Å². The zero-order valence-electron chi connectivity index (χ0n) is 32.1. The fourth-order valence-electron chi connectivity index (χ4n) is 7.21. The van der Waals surface area contributed by atoms with Gasteiger partial charge in [0, 0.05) is 96.4 Å². The van der Waals surface area contributed by atoms with Crippen molar-refractivity contribution in [3.05, 3.63) is 189 Å². The maximum atomic E-state index is 14.2. The Balaban J connectivity index is 0.000000186. The second kappa shape index (κ2) is 16.6. The van der Waals surface area contributed by atoms with Gasteiger partial charge in [-0.15, -0.1) is 0 Å². The van der Waals surface area contributed by atoms with E-state index in [0.29, 0.717) is 0 Å². The minimum atomic E-state index is -5.01. The Hall–Kier alpha value is -7.32. The van der Waals surface area contributed by atoms with Crippen molar-refractivity contribution >= 4 is 33.2 Å². The number of hydrogen-bond acceptors (Lipinski definition) is 8. The fraction of sp³-hybridized carbons (Fsp3) is 0.190. The van der Waals surface area contributed by atoms with E-state index in [2.05, 4.69) is 9.97 Å². The molecule has 4 aromatic heterocycles. The van der Waals surface area contributed by atoms with Crippen LogP contribution >= 0.6 is 0 Å². The maximum Gasteiger partial charge on any atom is 0.423 e. The van der Waals surface area contributed by atoms with Crippen molar-refractivity contribution in [2.24, 2.45) is 0 Å². The molecule has 0 radical (unpaired) electrons. The monoisotopic (exact) mass is 860 g/mol. The van der Waals surface area contributed by atoms with Crippen LogP contribution in [0.25, 0.3) is 21.8 Å². The summed E-state index contributed by atoms with van der Waals surface area (Å²) in [4.78, 5) is 28.8. The van der Waals surface area contributed by atoms with Crippen molar-refractivity contribution in [2.45, 2.75) is 49.7 Å². The predicted octanol–water partition coefficient (Wildman–Crippen LogP) is 8.49. The van der Waals surface area contributed by atoms with Crippen molar-refractivity contribution in [1.82, 2.24) is 28.2 Å². The Morgan fingerprint density at radius 3 is 1.24 bits per heavy atom. The summed E-state index contributed by atoms with van der Waals surface area (Å²) in [5.41, 5.74) is -5.70. The summed E-state index contributed by atoms with van der Waals surface area (Å²) in [6.07, 6.45) is 0.0654. The molecule has 20 heteroatoms. The van der Waals surface area contributed by atoms with Gasteiger partial charge in [0.1, 0.15) is 0 Å². The third kappa shape index (κ3) is 8.50. The molecule has 0 aliphatic carbocycles. The van der Waals surface area contributed by atoms with Gasteiger partial charge in [-0.25, -0.2) is 9.97 Å². The van der Waals surface area contributed by atoms with E-state index in [9.17, 15) is 56.8 Å². The smallest absolute Gasteiger partial charge is 0.375 e. The largest absolute Gasteiger partial charge is 0.423 e. The summed E-state index contributed by atoms with van der Waals surface area (Å²) >= 11 is 0. The number of aliphatic hydroxyl groups is 2. The third-order valence-corrected chi connectivity index (χ3v) is 10.3. The zero-order chi connectivity index (χ0) is 44.5. The first-order valence-electron chi connectivity index (χ1n) is 18.5. The van der Waals surface area contributed by atoms with Gasteiger partial charge in [0.05, 0.1) is 46.6 Å². The van der Waals surface area contributed by atoms with Gasteiger partial charge >= 0.3 is 12.4 Å². The summed E-state index contributed by atoms with van der Waals surface area (Å²) in [6, 6.07) is 25.1. The summed E-state index contributed by atoms with van der Waals surface area (Å²) in [6.45, 7) is -1.26. The van der Waals surface area contributed by atoms with E-state index < -0.39 is 46.5 Å². The molecular formula is C42H34F6N8O6. The first kappa shape index (κ1) is 42.8. The molecule has 320 valence electrons. The molecule has 8 rings (SSSR count). The number of non-ortho nitro benzene ring substituents is 2. The lowest BCUT2D eigenvalue weighted by Crippen LogP contribution is -2.45. The molecule has 0 aliphatic heterocycles. The summed E-state index contributed by atoms with van der Waals surface area (Å²) in [7, 11) is 0. The molecule has 4 aromatic carbocycles. The minimum absolute atomic E-state index is 0.0847. The van der Waals surface area contributed by atoms with E-state index in [1.54, 1.807) is 60.7 Å². The molecule has 0 bridgehead atoms. The van der Waals surface area contributed by atoms with Gasteiger partial charge < -0.3 is 28.5 Å². The SMILES string of the molecule is O=[N+]([O-])c1ccc2c(C(O)(Cn3ccnc3)C(F)(F)F)cn(Cc3ccccc3)c2c1.O=[N+]([O-])c1ccc2c(C(O)(Cn3ccnc3)C(F)(F)F)cn(Cc3ccccc3)c2c1. The third-order valence-electron chi connectivity index (χ3n) is 10.3. The number of alkyl halides is 6. The molecule has 2 atom stereocenters. The number of benzene rings is 4. The van der Waals surface area contributed by atoms with Crippen molar-refractivity contribution < 1.29 is 46.4 Å². The Morgan fingerprint density at radius 2 is 0.935 bits per heavy atom.